The summed E-state index contributed by atoms with van der Waals surface area (Å²) in [4.78, 5) is 0. The van der Waals surface area contributed by atoms with E-state index in [2.05, 4.69) is 81.6 Å². The van der Waals surface area contributed by atoms with Crippen LogP contribution in [0, 0.1) is 0 Å². The van der Waals surface area contributed by atoms with Gasteiger partial charge < -0.3 is 4.23 Å². The molecule has 0 spiro atoms. The molecule has 20 heavy (non-hydrogen) atoms. The van der Waals surface area contributed by atoms with Crippen molar-refractivity contribution in [3.8, 4) is 0 Å². The highest BCUT2D eigenvalue weighted by molar-refractivity contribution is 6.89. The third kappa shape index (κ3) is 4.86. The topological polar surface area (TPSA) is 3.24 Å². The molecule has 1 aromatic carbocycles. The Balaban J connectivity index is 2.90. The number of benzene rings is 1. The van der Waals surface area contributed by atoms with Gasteiger partial charge in [0, 0.05) is 6.54 Å². The zero-order valence-corrected chi connectivity index (χ0v) is 16.7. The monoisotopic (exact) mass is 307 g/mol. The second-order valence-electron chi connectivity index (χ2n) is 7.98. The maximum atomic E-state index is 2.85. The Hall–Kier alpha value is -0.386. The molecule has 0 saturated heterocycles. The van der Waals surface area contributed by atoms with Crippen LogP contribution in [-0.2, 0) is 6.54 Å². The summed E-state index contributed by atoms with van der Waals surface area (Å²) < 4.78 is 2.85. The van der Waals surface area contributed by atoms with Crippen LogP contribution in [0.1, 0.15) is 37.3 Å². The van der Waals surface area contributed by atoms with Gasteiger partial charge in [-0.05, 0) is 23.5 Å². The molecule has 0 aromatic heterocycles. The Labute approximate surface area is 128 Å². The van der Waals surface area contributed by atoms with Gasteiger partial charge in [0.2, 0.25) is 0 Å². The highest BCUT2D eigenvalue weighted by Crippen LogP contribution is 2.24. The normalized spacial score (nSPS) is 14.7. The number of hydrogen-bond acceptors (Lipinski definition) is 1. The highest BCUT2D eigenvalue weighted by Gasteiger charge is 2.34. The van der Waals surface area contributed by atoms with Crippen LogP contribution in [-0.4, -0.2) is 20.7 Å². The fraction of sp³-hybridized carbons (Fsp3) is 0.647. The Morgan fingerprint density at radius 3 is 1.70 bits per heavy atom. The minimum Gasteiger partial charge on any atom is -0.342 e. The minimum absolute atomic E-state index is 0.675. The van der Waals surface area contributed by atoms with E-state index in [1.165, 1.54) is 17.5 Å². The van der Waals surface area contributed by atoms with Crippen molar-refractivity contribution >= 4 is 16.5 Å². The molecule has 1 aromatic rings. The molecule has 1 atom stereocenters. The standard InChI is InChI=1S/C17H33NSi2/c1-9-15(2)17-12-10-16(11-13-17)14-18(19(3,4)5)20(6,7)8/h10-13,15H,9,14H2,1-8H3. The first kappa shape index (κ1) is 17.7. The van der Waals surface area contributed by atoms with Crippen LogP contribution in [0.5, 0.6) is 0 Å². The van der Waals surface area contributed by atoms with E-state index in [0.717, 1.165) is 6.54 Å². The Bertz CT molecular complexity index is 398. The summed E-state index contributed by atoms with van der Waals surface area (Å²) in [5, 5.41) is 0. The van der Waals surface area contributed by atoms with Crippen molar-refractivity contribution in [2.24, 2.45) is 0 Å². The number of rotatable bonds is 6. The molecule has 0 aliphatic rings. The van der Waals surface area contributed by atoms with Gasteiger partial charge in [-0.2, -0.15) is 0 Å². The summed E-state index contributed by atoms with van der Waals surface area (Å²) in [6.45, 7) is 20.5. The van der Waals surface area contributed by atoms with Gasteiger partial charge in [-0.3, -0.25) is 0 Å². The van der Waals surface area contributed by atoms with Crippen LogP contribution in [0.4, 0.5) is 0 Å². The van der Waals surface area contributed by atoms with E-state index in [1.807, 2.05) is 0 Å². The van der Waals surface area contributed by atoms with Gasteiger partial charge in [-0.15, -0.1) is 0 Å². The smallest absolute Gasteiger partial charge is 0.112 e. The van der Waals surface area contributed by atoms with Crippen LogP contribution in [0.15, 0.2) is 24.3 Å². The van der Waals surface area contributed by atoms with Gasteiger partial charge in [-0.25, -0.2) is 0 Å². The van der Waals surface area contributed by atoms with Gasteiger partial charge in [0.05, 0.1) is 0 Å². The van der Waals surface area contributed by atoms with Crippen LogP contribution in [0.2, 0.25) is 39.3 Å². The van der Waals surface area contributed by atoms with Crippen molar-refractivity contribution in [1.82, 2.24) is 4.23 Å². The van der Waals surface area contributed by atoms with Crippen LogP contribution >= 0.6 is 0 Å². The van der Waals surface area contributed by atoms with E-state index in [0.29, 0.717) is 5.92 Å². The fourth-order valence-electron chi connectivity index (χ4n) is 2.85. The third-order valence-corrected chi connectivity index (χ3v) is 11.7. The highest BCUT2D eigenvalue weighted by atomic mass is 28.4. The van der Waals surface area contributed by atoms with Gasteiger partial charge in [0.25, 0.3) is 0 Å². The van der Waals surface area contributed by atoms with Gasteiger partial charge >= 0.3 is 0 Å². The van der Waals surface area contributed by atoms with E-state index in [9.17, 15) is 0 Å². The minimum atomic E-state index is -1.25. The summed E-state index contributed by atoms with van der Waals surface area (Å²) in [6.07, 6.45) is 1.22. The molecule has 0 saturated carbocycles. The van der Waals surface area contributed by atoms with Crippen LogP contribution < -0.4 is 0 Å². The summed E-state index contributed by atoms with van der Waals surface area (Å²) in [6, 6.07) is 9.34. The van der Waals surface area contributed by atoms with Crippen molar-refractivity contribution in [2.45, 2.75) is 72.0 Å². The lowest BCUT2D eigenvalue weighted by Gasteiger charge is -2.43. The van der Waals surface area contributed by atoms with Crippen LogP contribution in [0.25, 0.3) is 0 Å². The van der Waals surface area contributed by atoms with Crippen molar-refractivity contribution in [3.63, 3.8) is 0 Å². The predicted octanol–water partition coefficient (Wildman–Crippen LogP) is 5.67. The van der Waals surface area contributed by atoms with E-state index in [-0.39, 0.29) is 0 Å². The van der Waals surface area contributed by atoms with Crippen molar-refractivity contribution in [3.05, 3.63) is 35.4 Å². The Morgan fingerprint density at radius 2 is 1.35 bits per heavy atom. The average molecular weight is 308 g/mol. The number of hydrogen-bond donors (Lipinski definition) is 0. The lowest BCUT2D eigenvalue weighted by atomic mass is 9.98. The Kier molecular flexibility index (Phi) is 5.82. The average Bonchev–Trinajstić information content (AvgIpc) is 2.33. The summed E-state index contributed by atoms with van der Waals surface area (Å²) in [5.41, 5.74) is 2.95. The molecule has 0 radical (unpaired) electrons. The first-order valence-electron chi connectivity index (χ1n) is 7.92. The maximum absolute atomic E-state index is 2.85. The second kappa shape index (κ2) is 6.58. The molecule has 0 heterocycles. The first-order valence-corrected chi connectivity index (χ1v) is 14.8. The lowest BCUT2D eigenvalue weighted by Crippen LogP contribution is -2.58. The summed E-state index contributed by atoms with van der Waals surface area (Å²) in [7, 11) is -2.50. The van der Waals surface area contributed by atoms with Crippen molar-refractivity contribution in [1.29, 1.82) is 0 Å². The van der Waals surface area contributed by atoms with Gasteiger partial charge in [-0.1, -0.05) is 77.4 Å². The van der Waals surface area contributed by atoms with E-state index in [1.54, 1.807) is 0 Å². The lowest BCUT2D eigenvalue weighted by molar-refractivity contribution is 0.611. The van der Waals surface area contributed by atoms with Crippen molar-refractivity contribution in [2.75, 3.05) is 0 Å². The number of nitrogens with zero attached hydrogens (tertiary/aromatic N) is 1. The largest absolute Gasteiger partial charge is 0.342 e. The zero-order valence-electron chi connectivity index (χ0n) is 14.7. The molecule has 1 unspecified atom stereocenters. The second-order valence-corrected chi connectivity index (χ2v) is 18.2. The molecule has 0 aliphatic carbocycles. The fourth-order valence-corrected chi connectivity index (χ4v) is 12.2. The first-order chi connectivity index (χ1) is 9.05. The van der Waals surface area contributed by atoms with E-state index < -0.39 is 16.5 Å². The van der Waals surface area contributed by atoms with E-state index in [4.69, 9.17) is 0 Å². The summed E-state index contributed by atoms with van der Waals surface area (Å²) >= 11 is 0. The van der Waals surface area contributed by atoms with Crippen LogP contribution in [0.3, 0.4) is 0 Å². The molecule has 114 valence electrons. The zero-order chi connectivity index (χ0) is 15.6. The van der Waals surface area contributed by atoms with E-state index >= 15 is 0 Å². The quantitative estimate of drug-likeness (QED) is 0.612. The Morgan fingerprint density at radius 1 is 0.900 bits per heavy atom. The molecule has 0 aliphatic heterocycles. The molecule has 1 nitrogen and oxygen atoms in total. The molecular formula is C17H33NSi2. The van der Waals surface area contributed by atoms with Gasteiger partial charge in [0.1, 0.15) is 16.5 Å². The van der Waals surface area contributed by atoms with Gasteiger partial charge in [0.15, 0.2) is 0 Å². The molecule has 0 fully saturated rings. The molecule has 0 N–H and O–H groups in total. The molecule has 0 bridgehead atoms. The summed E-state index contributed by atoms with van der Waals surface area (Å²) in [5.74, 6) is 0.675. The molecule has 0 amide bonds. The predicted molar refractivity (Wildman–Crippen MR) is 97.4 cm³/mol. The molecular weight excluding hydrogens is 274 g/mol. The maximum Gasteiger partial charge on any atom is 0.112 e. The third-order valence-electron chi connectivity index (χ3n) is 4.12. The molecule has 1 rings (SSSR count). The SMILES string of the molecule is CCC(C)c1ccc(CN([Si](C)(C)C)[Si](C)(C)C)cc1. The molecule has 3 heteroatoms. The van der Waals surface area contributed by atoms with Crippen molar-refractivity contribution < 1.29 is 0 Å².